The summed E-state index contributed by atoms with van der Waals surface area (Å²) in [5.41, 5.74) is 1.09. The number of nitrogens with zero attached hydrogens (tertiary/aromatic N) is 4. The molecule has 0 unspecified atom stereocenters. The Bertz CT molecular complexity index is 1100. The lowest BCUT2D eigenvalue weighted by atomic mass is 10.1. The summed E-state index contributed by atoms with van der Waals surface area (Å²) in [7, 11) is 1.49. The Kier molecular flexibility index (Phi) is 6.91. The number of amides is 1. The van der Waals surface area contributed by atoms with Crippen LogP contribution in [-0.4, -0.2) is 45.6 Å². The number of aryl methyl sites for hydroxylation is 1. The van der Waals surface area contributed by atoms with Crippen molar-refractivity contribution in [1.29, 1.82) is 0 Å². The number of halogens is 1. The molecule has 0 saturated carbocycles. The van der Waals surface area contributed by atoms with Gasteiger partial charge in [-0.25, -0.2) is 4.39 Å². The first-order valence-corrected chi connectivity index (χ1v) is 9.55. The predicted octanol–water partition coefficient (Wildman–Crippen LogP) is 3.12. The Morgan fingerprint density at radius 2 is 1.97 bits per heavy atom. The van der Waals surface area contributed by atoms with E-state index in [1.807, 2.05) is 0 Å². The standard InChI is InChI=1S/C21H22FN5O4/c1-13(28)15-6-9-19(20(11-15)30-3)31-10-4-5-21(29)23-18-12-16(7-8-17(18)22)27-14(2)24-25-26-27/h6-9,11-12H,4-5,10H2,1-3H3,(H,23,29). The SMILES string of the molecule is COc1cc(C(C)=O)ccc1OCCCC(=O)Nc1cc(-n2nnnc2C)ccc1F. The van der Waals surface area contributed by atoms with Gasteiger partial charge in [-0.05, 0) is 67.1 Å². The van der Waals surface area contributed by atoms with E-state index in [0.717, 1.165) is 0 Å². The number of nitrogens with one attached hydrogen (secondary N) is 1. The van der Waals surface area contributed by atoms with Crippen LogP contribution < -0.4 is 14.8 Å². The van der Waals surface area contributed by atoms with Gasteiger partial charge in [-0.2, -0.15) is 4.68 Å². The highest BCUT2D eigenvalue weighted by Gasteiger charge is 2.12. The van der Waals surface area contributed by atoms with Gasteiger partial charge in [0.2, 0.25) is 5.91 Å². The lowest BCUT2D eigenvalue weighted by Crippen LogP contribution is -2.14. The summed E-state index contributed by atoms with van der Waals surface area (Å²) in [6.07, 6.45) is 0.526. The second-order valence-electron chi connectivity index (χ2n) is 6.72. The second-order valence-corrected chi connectivity index (χ2v) is 6.72. The van der Waals surface area contributed by atoms with Crippen molar-refractivity contribution < 1.29 is 23.5 Å². The van der Waals surface area contributed by atoms with E-state index in [1.54, 1.807) is 25.1 Å². The molecule has 0 aliphatic rings. The fraction of sp³-hybridized carbons (Fsp3) is 0.286. The molecular weight excluding hydrogens is 405 g/mol. The Labute approximate surface area is 178 Å². The molecule has 2 aromatic carbocycles. The summed E-state index contributed by atoms with van der Waals surface area (Å²) < 4.78 is 26.4. The molecule has 3 rings (SSSR count). The maximum absolute atomic E-state index is 14.1. The number of carbonyl (C=O) groups is 2. The van der Waals surface area contributed by atoms with Crippen molar-refractivity contribution >= 4 is 17.4 Å². The smallest absolute Gasteiger partial charge is 0.224 e. The van der Waals surface area contributed by atoms with Gasteiger partial charge >= 0.3 is 0 Å². The maximum Gasteiger partial charge on any atom is 0.224 e. The Hall–Kier alpha value is -3.82. The molecule has 10 heteroatoms. The highest BCUT2D eigenvalue weighted by Crippen LogP contribution is 2.28. The molecule has 1 aromatic heterocycles. The normalized spacial score (nSPS) is 10.6. The number of benzene rings is 2. The predicted molar refractivity (Wildman–Crippen MR) is 110 cm³/mol. The topological polar surface area (TPSA) is 108 Å². The molecule has 31 heavy (non-hydrogen) atoms. The van der Waals surface area contributed by atoms with Crippen molar-refractivity contribution in [3.8, 4) is 17.2 Å². The Morgan fingerprint density at radius 3 is 2.65 bits per heavy atom. The van der Waals surface area contributed by atoms with Gasteiger partial charge in [0.15, 0.2) is 23.1 Å². The fourth-order valence-electron chi connectivity index (χ4n) is 2.84. The molecule has 0 radical (unpaired) electrons. The number of rotatable bonds is 9. The molecule has 0 spiro atoms. The van der Waals surface area contributed by atoms with Crippen molar-refractivity contribution in [2.24, 2.45) is 0 Å². The van der Waals surface area contributed by atoms with E-state index in [2.05, 4.69) is 20.8 Å². The summed E-state index contributed by atoms with van der Waals surface area (Å²) in [5.74, 6) is 0.458. The number of hydrogen-bond acceptors (Lipinski definition) is 7. The Balaban J connectivity index is 1.54. The van der Waals surface area contributed by atoms with Gasteiger partial charge in [0.1, 0.15) is 5.82 Å². The van der Waals surface area contributed by atoms with Crippen LogP contribution in [0.25, 0.3) is 5.69 Å². The molecule has 9 nitrogen and oxygen atoms in total. The average molecular weight is 427 g/mol. The van der Waals surface area contributed by atoms with Gasteiger partial charge in [0, 0.05) is 12.0 Å². The van der Waals surface area contributed by atoms with Gasteiger partial charge in [-0.1, -0.05) is 0 Å². The highest BCUT2D eigenvalue weighted by atomic mass is 19.1. The van der Waals surface area contributed by atoms with E-state index in [4.69, 9.17) is 9.47 Å². The molecule has 1 N–H and O–H groups in total. The minimum Gasteiger partial charge on any atom is -0.493 e. The van der Waals surface area contributed by atoms with E-state index >= 15 is 0 Å². The number of tetrazole rings is 1. The molecular formula is C21H22FN5O4. The minimum atomic E-state index is -0.561. The van der Waals surface area contributed by atoms with Gasteiger partial charge in [0.25, 0.3) is 0 Å². The number of Topliss-reactive ketones (excluding diaryl/α,β-unsaturated/α-hetero) is 1. The molecule has 162 valence electrons. The molecule has 0 fully saturated rings. The second kappa shape index (κ2) is 9.79. The first-order valence-electron chi connectivity index (χ1n) is 9.55. The molecule has 0 bridgehead atoms. The van der Waals surface area contributed by atoms with Gasteiger partial charge < -0.3 is 14.8 Å². The van der Waals surface area contributed by atoms with Crippen LogP contribution in [0, 0.1) is 12.7 Å². The summed E-state index contributed by atoms with van der Waals surface area (Å²) in [5, 5.41) is 13.7. The number of aromatic nitrogens is 4. The third-order valence-corrected chi connectivity index (χ3v) is 4.47. The van der Waals surface area contributed by atoms with Crippen LogP contribution in [0.5, 0.6) is 11.5 Å². The van der Waals surface area contributed by atoms with Gasteiger partial charge in [-0.3, -0.25) is 9.59 Å². The van der Waals surface area contributed by atoms with Crippen molar-refractivity contribution in [1.82, 2.24) is 20.2 Å². The Morgan fingerprint density at radius 1 is 1.16 bits per heavy atom. The summed E-state index contributed by atoms with van der Waals surface area (Å²) in [6, 6.07) is 9.13. The van der Waals surface area contributed by atoms with Crippen molar-refractivity contribution in [3.05, 3.63) is 53.6 Å². The molecule has 0 aliphatic heterocycles. The third kappa shape index (κ3) is 5.41. The minimum absolute atomic E-state index is 0.0415. The van der Waals surface area contributed by atoms with E-state index in [9.17, 15) is 14.0 Å². The largest absolute Gasteiger partial charge is 0.493 e. The number of carbonyl (C=O) groups excluding carboxylic acids is 2. The van der Waals surface area contributed by atoms with E-state index in [0.29, 0.717) is 35.0 Å². The third-order valence-electron chi connectivity index (χ3n) is 4.47. The van der Waals surface area contributed by atoms with Crippen LogP contribution >= 0.6 is 0 Å². The van der Waals surface area contributed by atoms with Crippen molar-refractivity contribution in [2.45, 2.75) is 26.7 Å². The number of ketones is 1. The monoisotopic (exact) mass is 427 g/mol. The van der Waals surface area contributed by atoms with Gasteiger partial charge in [0.05, 0.1) is 25.1 Å². The zero-order valence-electron chi connectivity index (χ0n) is 17.4. The van der Waals surface area contributed by atoms with Crippen LogP contribution in [0.4, 0.5) is 10.1 Å². The molecule has 0 aliphatic carbocycles. The zero-order valence-corrected chi connectivity index (χ0v) is 17.4. The van der Waals surface area contributed by atoms with E-state index in [-0.39, 0.29) is 30.4 Å². The number of hydrogen-bond donors (Lipinski definition) is 1. The zero-order chi connectivity index (χ0) is 22.4. The molecule has 0 saturated heterocycles. The van der Waals surface area contributed by atoms with E-state index < -0.39 is 5.82 Å². The van der Waals surface area contributed by atoms with Crippen LogP contribution in [0.15, 0.2) is 36.4 Å². The maximum atomic E-state index is 14.1. The molecule has 0 atom stereocenters. The first kappa shape index (κ1) is 21.9. The lowest BCUT2D eigenvalue weighted by molar-refractivity contribution is -0.116. The van der Waals surface area contributed by atoms with Crippen LogP contribution in [-0.2, 0) is 4.79 Å². The number of ether oxygens (including phenoxy) is 2. The molecule has 1 amide bonds. The fourth-order valence-corrected chi connectivity index (χ4v) is 2.84. The first-order chi connectivity index (χ1) is 14.9. The quantitative estimate of drug-likeness (QED) is 0.413. The van der Waals surface area contributed by atoms with Crippen LogP contribution in [0.3, 0.4) is 0 Å². The average Bonchev–Trinajstić information content (AvgIpc) is 3.18. The van der Waals surface area contributed by atoms with Crippen molar-refractivity contribution in [3.63, 3.8) is 0 Å². The van der Waals surface area contributed by atoms with E-state index in [1.165, 1.54) is 36.9 Å². The van der Waals surface area contributed by atoms with Crippen LogP contribution in [0.2, 0.25) is 0 Å². The number of methoxy groups -OCH3 is 1. The van der Waals surface area contributed by atoms with Crippen LogP contribution in [0.1, 0.15) is 35.9 Å². The summed E-state index contributed by atoms with van der Waals surface area (Å²) >= 11 is 0. The van der Waals surface area contributed by atoms with Gasteiger partial charge in [-0.15, -0.1) is 5.10 Å². The van der Waals surface area contributed by atoms with Crippen molar-refractivity contribution in [2.75, 3.05) is 19.0 Å². The molecule has 1 heterocycles. The number of anilines is 1. The summed E-state index contributed by atoms with van der Waals surface area (Å²) in [4.78, 5) is 23.7. The highest BCUT2D eigenvalue weighted by molar-refractivity contribution is 5.94. The molecule has 3 aromatic rings. The summed E-state index contributed by atoms with van der Waals surface area (Å²) in [6.45, 7) is 3.43. The lowest BCUT2D eigenvalue weighted by Gasteiger charge is -2.12.